The van der Waals surface area contributed by atoms with Gasteiger partial charge in [0.25, 0.3) is 0 Å². The molecule has 10 nitrogen and oxygen atoms in total. The van der Waals surface area contributed by atoms with Crippen molar-refractivity contribution >= 4 is 28.7 Å². The van der Waals surface area contributed by atoms with E-state index in [-0.39, 0.29) is 5.91 Å². The third-order valence-corrected chi connectivity index (χ3v) is 4.91. The fourth-order valence-corrected chi connectivity index (χ4v) is 3.39. The molecule has 0 spiro atoms. The number of rotatable bonds is 3. The highest BCUT2D eigenvalue weighted by Crippen LogP contribution is 2.22. The van der Waals surface area contributed by atoms with Crippen molar-refractivity contribution in [1.29, 1.82) is 0 Å². The Morgan fingerprint density at radius 1 is 1.07 bits per heavy atom. The second-order valence-electron chi connectivity index (χ2n) is 6.54. The number of anilines is 2. The monoisotopic (exact) mass is 367 g/mol. The van der Waals surface area contributed by atoms with Gasteiger partial charge in [-0.2, -0.15) is 0 Å². The first-order valence-electron chi connectivity index (χ1n) is 8.80. The molecular formula is C17H21N9O. The van der Waals surface area contributed by atoms with Gasteiger partial charge in [-0.25, -0.2) is 19.9 Å². The normalized spacial score (nSPS) is 15.9. The number of nitrogen functional groups attached to an aromatic ring is 1. The highest BCUT2D eigenvalue weighted by Gasteiger charge is 2.28. The quantitative estimate of drug-likeness (QED) is 0.707. The van der Waals surface area contributed by atoms with Crippen molar-refractivity contribution in [2.45, 2.75) is 19.9 Å². The molecule has 0 bridgehead atoms. The zero-order valence-corrected chi connectivity index (χ0v) is 15.3. The van der Waals surface area contributed by atoms with Crippen LogP contribution in [-0.2, 0) is 4.79 Å². The van der Waals surface area contributed by atoms with E-state index >= 15 is 0 Å². The van der Waals surface area contributed by atoms with Gasteiger partial charge >= 0.3 is 0 Å². The molecule has 2 N–H and O–H groups in total. The number of aryl methyl sites for hydroxylation is 1. The maximum Gasteiger partial charge on any atom is 0.245 e. The Hall–Kier alpha value is -3.30. The van der Waals surface area contributed by atoms with Crippen LogP contribution in [0.1, 0.15) is 18.7 Å². The maximum atomic E-state index is 13.0. The molecular weight excluding hydrogens is 346 g/mol. The van der Waals surface area contributed by atoms with Crippen LogP contribution in [0.3, 0.4) is 0 Å². The number of carbonyl (C=O) groups is 1. The fraction of sp³-hybridized carbons (Fsp3) is 0.412. The van der Waals surface area contributed by atoms with Gasteiger partial charge in [0.15, 0.2) is 11.5 Å². The zero-order valence-electron chi connectivity index (χ0n) is 15.3. The van der Waals surface area contributed by atoms with E-state index in [4.69, 9.17) is 5.73 Å². The van der Waals surface area contributed by atoms with Crippen LogP contribution in [0.25, 0.3) is 11.2 Å². The Bertz CT molecular complexity index is 977. The molecule has 140 valence electrons. The molecule has 4 heterocycles. The van der Waals surface area contributed by atoms with E-state index in [1.165, 1.54) is 6.33 Å². The van der Waals surface area contributed by atoms with Crippen molar-refractivity contribution in [3.63, 3.8) is 0 Å². The molecule has 0 aliphatic carbocycles. The summed E-state index contributed by atoms with van der Waals surface area (Å²) in [6.45, 7) is 6.49. The van der Waals surface area contributed by atoms with Gasteiger partial charge in [0.1, 0.15) is 23.7 Å². The third kappa shape index (κ3) is 3.03. The van der Waals surface area contributed by atoms with Gasteiger partial charge in [-0.3, -0.25) is 9.78 Å². The number of fused-ring (bicyclic) bond motifs is 1. The van der Waals surface area contributed by atoms with Crippen molar-refractivity contribution < 1.29 is 4.79 Å². The first-order valence-corrected chi connectivity index (χ1v) is 8.80. The first-order chi connectivity index (χ1) is 13.1. The molecule has 4 rings (SSSR count). The number of aromatic nitrogens is 6. The Balaban J connectivity index is 1.47. The number of carbonyl (C=O) groups excluding carboxylic acids is 1. The molecule has 0 saturated carbocycles. The average Bonchev–Trinajstić information content (AvgIpc) is 3.13. The molecule has 1 aliphatic heterocycles. The van der Waals surface area contributed by atoms with Gasteiger partial charge in [0, 0.05) is 38.6 Å². The topological polar surface area (TPSA) is 119 Å². The Morgan fingerprint density at radius 3 is 2.56 bits per heavy atom. The number of hydrogen-bond donors (Lipinski definition) is 1. The van der Waals surface area contributed by atoms with Crippen LogP contribution in [0.2, 0.25) is 0 Å². The molecule has 1 atom stereocenters. The van der Waals surface area contributed by atoms with Gasteiger partial charge in [0.2, 0.25) is 5.91 Å². The lowest BCUT2D eigenvalue weighted by molar-refractivity contribution is -0.134. The molecule has 27 heavy (non-hydrogen) atoms. The van der Waals surface area contributed by atoms with Crippen LogP contribution in [0.4, 0.5) is 11.6 Å². The summed E-state index contributed by atoms with van der Waals surface area (Å²) >= 11 is 0. The zero-order chi connectivity index (χ0) is 19.0. The molecule has 1 amide bonds. The van der Waals surface area contributed by atoms with E-state index in [2.05, 4.69) is 29.8 Å². The Morgan fingerprint density at radius 2 is 1.81 bits per heavy atom. The molecule has 0 radical (unpaired) electrons. The number of nitrogens with two attached hydrogens (primary N) is 1. The van der Waals surface area contributed by atoms with Gasteiger partial charge in [-0.1, -0.05) is 0 Å². The van der Waals surface area contributed by atoms with Crippen LogP contribution >= 0.6 is 0 Å². The summed E-state index contributed by atoms with van der Waals surface area (Å²) in [6.07, 6.45) is 6.36. The van der Waals surface area contributed by atoms with Crippen LogP contribution < -0.4 is 10.6 Å². The van der Waals surface area contributed by atoms with Crippen LogP contribution in [0.15, 0.2) is 25.0 Å². The number of imidazole rings is 1. The third-order valence-electron chi connectivity index (χ3n) is 4.91. The average molecular weight is 367 g/mol. The molecule has 3 aromatic rings. The standard InChI is InChI=1S/C17H21N9O/c1-11-15(20-4-3-19-11)24-5-7-25(8-6-24)17(27)12(2)26-10-23-13-14(18)21-9-22-16(13)26/h3-4,9-10,12H,5-8H2,1-2H3,(H2,18,21,22). The predicted octanol–water partition coefficient (Wildman–Crippen LogP) is 0.417. The minimum Gasteiger partial charge on any atom is -0.382 e. The van der Waals surface area contributed by atoms with Crippen molar-refractivity contribution in [3.8, 4) is 0 Å². The first kappa shape index (κ1) is 17.1. The summed E-state index contributed by atoms with van der Waals surface area (Å²) < 4.78 is 1.74. The van der Waals surface area contributed by atoms with Crippen LogP contribution in [0, 0.1) is 6.92 Å². The summed E-state index contributed by atoms with van der Waals surface area (Å²) in [5.74, 6) is 1.22. The van der Waals surface area contributed by atoms with Crippen molar-refractivity contribution in [2.24, 2.45) is 0 Å². The second-order valence-corrected chi connectivity index (χ2v) is 6.54. The molecule has 1 saturated heterocycles. The molecule has 1 aliphatic rings. The lowest BCUT2D eigenvalue weighted by atomic mass is 10.2. The van der Waals surface area contributed by atoms with Crippen LogP contribution in [0.5, 0.6) is 0 Å². The molecule has 3 aromatic heterocycles. The number of nitrogens with zero attached hydrogens (tertiary/aromatic N) is 8. The fourth-order valence-electron chi connectivity index (χ4n) is 3.39. The van der Waals surface area contributed by atoms with E-state index < -0.39 is 6.04 Å². The SMILES string of the molecule is Cc1nccnc1N1CCN(C(=O)C(C)n2cnc3c(N)ncnc32)CC1. The number of piperazine rings is 1. The molecule has 10 heteroatoms. The lowest BCUT2D eigenvalue weighted by Crippen LogP contribution is -2.50. The summed E-state index contributed by atoms with van der Waals surface area (Å²) in [7, 11) is 0. The highest BCUT2D eigenvalue weighted by atomic mass is 16.2. The summed E-state index contributed by atoms with van der Waals surface area (Å²) in [4.78, 5) is 38.1. The Kier molecular flexibility index (Phi) is 4.30. The van der Waals surface area contributed by atoms with Gasteiger partial charge in [0.05, 0.1) is 12.0 Å². The van der Waals surface area contributed by atoms with E-state index in [1.807, 2.05) is 18.7 Å². The van der Waals surface area contributed by atoms with Gasteiger partial charge in [-0.15, -0.1) is 0 Å². The van der Waals surface area contributed by atoms with Gasteiger partial charge < -0.3 is 20.1 Å². The van der Waals surface area contributed by atoms with E-state index in [1.54, 1.807) is 23.3 Å². The minimum absolute atomic E-state index is 0.0296. The van der Waals surface area contributed by atoms with Gasteiger partial charge in [-0.05, 0) is 13.8 Å². The summed E-state index contributed by atoms with van der Waals surface area (Å²) in [6, 6.07) is -0.422. The largest absolute Gasteiger partial charge is 0.382 e. The summed E-state index contributed by atoms with van der Waals surface area (Å²) in [5, 5.41) is 0. The van der Waals surface area contributed by atoms with E-state index in [0.717, 1.165) is 24.6 Å². The number of amides is 1. The molecule has 1 unspecified atom stereocenters. The summed E-state index contributed by atoms with van der Waals surface area (Å²) in [5.41, 5.74) is 7.81. The highest BCUT2D eigenvalue weighted by molar-refractivity contribution is 5.85. The van der Waals surface area contributed by atoms with Crippen molar-refractivity contribution in [1.82, 2.24) is 34.4 Å². The van der Waals surface area contributed by atoms with Crippen molar-refractivity contribution in [2.75, 3.05) is 36.8 Å². The second kappa shape index (κ2) is 6.78. The van der Waals surface area contributed by atoms with Crippen LogP contribution in [-0.4, -0.2) is 66.5 Å². The lowest BCUT2D eigenvalue weighted by Gasteiger charge is -2.37. The molecule has 0 aromatic carbocycles. The Labute approximate surface area is 156 Å². The number of hydrogen-bond acceptors (Lipinski definition) is 8. The predicted molar refractivity (Wildman–Crippen MR) is 100 cm³/mol. The van der Waals surface area contributed by atoms with E-state index in [9.17, 15) is 4.79 Å². The maximum absolute atomic E-state index is 13.0. The molecule has 1 fully saturated rings. The smallest absolute Gasteiger partial charge is 0.245 e. The van der Waals surface area contributed by atoms with Crippen molar-refractivity contribution in [3.05, 3.63) is 30.7 Å². The van der Waals surface area contributed by atoms with E-state index in [0.29, 0.717) is 30.1 Å². The minimum atomic E-state index is -0.422.